The lowest BCUT2D eigenvalue weighted by atomic mass is 9.77. The maximum atomic E-state index is 10.1. The van der Waals surface area contributed by atoms with Gasteiger partial charge in [-0.3, -0.25) is 0 Å². The van der Waals surface area contributed by atoms with Crippen LogP contribution in [0.15, 0.2) is 77.3 Å². The van der Waals surface area contributed by atoms with Gasteiger partial charge >= 0.3 is 0 Å². The van der Waals surface area contributed by atoms with E-state index in [0.717, 1.165) is 49.9 Å². The SMILES string of the molecule is Cc1ccc2c(oc3c(C4=Cc5ccccc5C4(C)C)c(C#N)ccc32)c1-c1cccc[n+]1C. The molecule has 0 fully saturated rings. The second-order valence-corrected chi connectivity index (χ2v) is 9.68. The van der Waals surface area contributed by atoms with E-state index in [-0.39, 0.29) is 5.41 Å². The highest BCUT2D eigenvalue weighted by atomic mass is 16.3. The van der Waals surface area contributed by atoms with Crippen molar-refractivity contribution in [2.45, 2.75) is 26.2 Å². The molecule has 1 aliphatic rings. The predicted octanol–water partition coefficient (Wildman–Crippen LogP) is 7.09. The smallest absolute Gasteiger partial charge is 0.216 e. The first-order chi connectivity index (χ1) is 16.4. The zero-order valence-electron chi connectivity index (χ0n) is 19.8. The van der Waals surface area contributed by atoms with Crippen LogP contribution < -0.4 is 4.57 Å². The Kier molecular flexibility index (Phi) is 4.31. The molecule has 3 heteroatoms. The largest absolute Gasteiger partial charge is 0.454 e. The van der Waals surface area contributed by atoms with Crippen LogP contribution in [0.3, 0.4) is 0 Å². The van der Waals surface area contributed by atoms with Gasteiger partial charge in [-0.2, -0.15) is 5.26 Å². The van der Waals surface area contributed by atoms with Crippen molar-refractivity contribution < 1.29 is 8.98 Å². The van der Waals surface area contributed by atoms with E-state index in [2.05, 4.69) is 99.3 Å². The predicted molar refractivity (Wildman–Crippen MR) is 137 cm³/mol. The lowest BCUT2D eigenvalue weighted by Crippen LogP contribution is -2.30. The maximum absolute atomic E-state index is 10.1. The molecule has 0 saturated heterocycles. The molecule has 34 heavy (non-hydrogen) atoms. The van der Waals surface area contributed by atoms with Crippen molar-refractivity contribution in [2.75, 3.05) is 0 Å². The number of fused-ring (bicyclic) bond motifs is 4. The van der Waals surface area contributed by atoms with Gasteiger partial charge in [0.25, 0.3) is 0 Å². The molecule has 2 heterocycles. The highest BCUT2D eigenvalue weighted by Gasteiger charge is 2.36. The van der Waals surface area contributed by atoms with Gasteiger partial charge in [-0.05, 0) is 53.5 Å². The molecule has 5 aromatic rings. The van der Waals surface area contributed by atoms with E-state index in [1.807, 2.05) is 18.2 Å². The first-order valence-electron chi connectivity index (χ1n) is 11.6. The Labute approximate surface area is 199 Å². The zero-order valence-corrected chi connectivity index (χ0v) is 19.8. The van der Waals surface area contributed by atoms with Gasteiger partial charge in [0, 0.05) is 33.9 Å². The standard InChI is InChI=1S/C31H25N2O/c1-19-12-14-22-23-15-13-21(18-32)28(25-17-20-9-5-6-10-24(20)31(25,2)3)30(23)34-29(22)27(19)26-11-7-8-16-33(26)4/h5-17H,1-4H3/q+1. The normalized spacial score (nSPS) is 14.3. The van der Waals surface area contributed by atoms with Crippen molar-refractivity contribution in [1.82, 2.24) is 0 Å². The van der Waals surface area contributed by atoms with E-state index < -0.39 is 0 Å². The molecule has 0 unspecified atom stereocenters. The Hall–Kier alpha value is -4.16. The number of aromatic nitrogens is 1. The number of furan rings is 1. The molecule has 0 radical (unpaired) electrons. The maximum Gasteiger partial charge on any atom is 0.216 e. The summed E-state index contributed by atoms with van der Waals surface area (Å²) in [4.78, 5) is 0. The summed E-state index contributed by atoms with van der Waals surface area (Å²) in [6.07, 6.45) is 4.28. The van der Waals surface area contributed by atoms with Gasteiger partial charge < -0.3 is 4.42 Å². The third-order valence-corrected chi connectivity index (χ3v) is 7.33. The van der Waals surface area contributed by atoms with Crippen LogP contribution >= 0.6 is 0 Å². The van der Waals surface area contributed by atoms with Gasteiger partial charge in [0.2, 0.25) is 5.69 Å². The van der Waals surface area contributed by atoms with Gasteiger partial charge in [-0.1, -0.05) is 50.2 Å². The second kappa shape index (κ2) is 7.17. The van der Waals surface area contributed by atoms with E-state index in [0.29, 0.717) is 5.56 Å². The molecule has 164 valence electrons. The first kappa shape index (κ1) is 20.4. The molecule has 2 aromatic heterocycles. The van der Waals surface area contributed by atoms with Gasteiger partial charge in [0.15, 0.2) is 6.20 Å². The summed E-state index contributed by atoms with van der Waals surface area (Å²) in [7, 11) is 2.05. The monoisotopic (exact) mass is 441 g/mol. The molecule has 0 atom stereocenters. The Bertz CT molecular complexity index is 1710. The molecule has 0 spiro atoms. The summed E-state index contributed by atoms with van der Waals surface area (Å²) in [6.45, 7) is 6.58. The summed E-state index contributed by atoms with van der Waals surface area (Å²) in [5, 5.41) is 12.2. The van der Waals surface area contributed by atoms with Crippen LogP contribution in [0.2, 0.25) is 0 Å². The molecule has 1 aliphatic carbocycles. The van der Waals surface area contributed by atoms with Crippen LogP contribution in [0.5, 0.6) is 0 Å². The fraction of sp³-hybridized carbons (Fsp3) is 0.161. The minimum Gasteiger partial charge on any atom is -0.454 e. The summed E-state index contributed by atoms with van der Waals surface area (Å²) in [6, 6.07) is 25.4. The fourth-order valence-corrected chi connectivity index (χ4v) is 5.52. The number of rotatable bonds is 2. The number of hydrogen-bond acceptors (Lipinski definition) is 2. The average Bonchev–Trinajstić information content (AvgIpc) is 3.33. The van der Waals surface area contributed by atoms with Gasteiger partial charge in [-0.25, -0.2) is 4.57 Å². The molecule has 0 saturated carbocycles. The number of aryl methyl sites for hydroxylation is 2. The quantitative estimate of drug-likeness (QED) is 0.274. The molecule has 0 N–H and O–H groups in total. The topological polar surface area (TPSA) is 40.8 Å². The molecular weight excluding hydrogens is 416 g/mol. The second-order valence-electron chi connectivity index (χ2n) is 9.68. The van der Waals surface area contributed by atoms with Crippen LogP contribution in [0.25, 0.3) is 44.8 Å². The fourth-order valence-electron chi connectivity index (χ4n) is 5.52. The number of benzene rings is 3. The van der Waals surface area contributed by atoms with Crippen molar-refractivity contribution in [2.24, 2.45) is 7.05 Å². The highest BCUT2D eigenvalue weighted by Crippen LogP contribution is 2.50. The van der Waals surface area contributed by atoms with Gasteiger partial charge in [0.05, 0.1) is 17.2 Å². The van der Waals surface area contributed by atoms with Crippen LogP contribution in [0.1, 0.15) is 41.7 Å². The Balaban J connectivity index is 1.72. The Morgan fingerprint density at radius 2 is 1.56 bits per heavy atom. The Morgan fingerprint density at radius 3 is 2.29 bits per heavy atom. The molecule has 3 aromatic carbocycles. The molecule has 3 nitrogen and oxygen atoms in total. The van der Waals surface area contributed by atoms with Gasteiger partial charge in [0.1, 0.15) is 18.2 Å². The lowest BCUT2D eigenvalue weighted by Gasteiger charge is -2.25. The number of allylic oxidation sites excluding steroid dienone is 1. The number of nitrogens with zero attached hydrogens (tertiary/aromatic N) is 2. The van der Waals surface area contributed by atoms with Crippen molar-refractivity contribution in [3.05, 3.63) is 101 Å². The molecule has 6 rings (SSSR count). The van der Waals surface area contributed by atoms with E-state index in [4.69, 9.17) is 4.42 Å². The summed E-state index contributed by atoms with van der Waals surface area (Å²) < 4.78 is 8.87. The lowest BCUT2D eigenvalue weighted by molar-refractivity contribution is -0.660. The van der Waals surface area contributed by atoms with Crippen LogP contribution in [-0.4, -0.2) is 0 Å². The van der Waals surface area contributed by atoms with Crippen molar-refractivity contribution in [1.29, 1.82) is 5.26 Å². The number of nitriles is 1. The molecule has 0 bridgehead atoms. The third-order valence-electron chi connectivity index (χ3n) is 7.33. The van der Waals surface area contributed by atoms with E-state index >= 15 is 0 Å². The summed E-state index contributed by atoms with van der Waals surface area (Å²) >= 11 is 0. The average molecular weight is 442 g/mol. The molecular formula is C31H25N2O+. The summed E-state index contributed by atoms with van der Waals surface area (Å²) in [5.41, 5.74) is 9.89. The number of pyridine rings is 1. The van der Waals surface area contributed by atoms with Crippen molar-refractivity contribution >= 4 is 33.6 Å². The van der Waals surface area contributed by atoms with Crippen LogP contribution in [-0.2, 0) is 12.5 Å². The third kappa shape index (κ3) is 2.72. The van der Waals surface area contributed by atoms with E-state index in [1.165, 1.54) is 11.1 Å². The minimum absolute atomic E-state index is 0.236. The van der Waals surface area contributed by atoms with Gasteiger partial charge in [-0.15, -0.1) is 0 Å². The molecule has 0 aliphatic heterocycles. The van der Waals surface area contributed by atoms with Crippen LogP contribution in [0, 0.1) is 18.3 Å². The summed E-state index contributed by atoms with van der Waals surface area (Å²) in [5.74, 6) is 0. The van der Waals surface area contributed by atoms with E-state index in [1.54, 1.807) is 0 Å². The van der Waals surface area contributed by atoms with Crippen LogP contribution in [0.4, 0.5) is 0 Å². The first-order valence-corrected chi connectivity index (χ1v) is 11.6. The Morgan fingerprint density at radius 1 is 0.853 bits per heavy atom. The van der Waals surface area contributed by atoms with E-state index in [9.17, 15) is 5.26 Å². The zero-order chi connectivity index (χ0) is 23.6. The number of hydrogen-bond donors (Lipinski definition) is 0. The highest BCUT2D eigenvalue weighted by molar-refractivity contribution is 6.14. The van der Waals surface area contributed by atoms with Crippen molar-refractivity contribution in [3.8, 4) is 17.3 Å². The van der Waals surface area contributed by atoms with Crippen molar-refractivity contribution in [3.63, 3.8) is 0 Å². The minimum atomic E-state index is -0.236. The molecule has 0 amide bonds.